The smallest absolute Gasteiger partial charge is 0.103 e. The highest BCUT2D eigenvalue weighted by Crippen LogP contribution is 2.52. The number of para-hydroxylation sites is 2. The van der Waals surface area contributed by atoms with E-state index >= 15 is 0 Å². The first kappa shape index (κ1) is 35.5. The minimum atomic E-state index is 1.14. The molecule has 62 heavy (non-hydrogen) atoms. The van der Waals surface area contributed by atoms with Crippen LogP contribution in [0.25, 0.3) is 96.0 Å². The molecule has 292 valence electrons. The number of thiophene rings is 3. The summed E-state index contributed by atoms with van der Waals surface area (Å²) in [7, 11) is 0. The van der Waals surface area contributed by atoms with Gasteiger partial charge in [0, 0.05) is 22.7 Å². The van der Waals surface area contributed by atoms with E-state index in [2.05, 4.69) is 226 Å². The highest BCUT2D eigenvalue weighted by molar-refractivity contribution is 7.34. The molecule has 0 aliphatic heterocycles. The van der Waals surface area contributed by atoms with Gasteiger partial charge < -0.3 is 14.0 Å². The predicted octanol–water partition coefficient (Wildman–Crippen LogP) is 17.2. The molecule has 13 rings (SSSR count). The van der Waals surface area contributed by atoms with Crippen molar-refractivity contribution in [3.05, 3.63) is 212 Å². The van der Waals surface area contributed by atoms with Crippen LogP contribution in [0.5, 0.6) is 0 Å². The molecule has 13 aromatic rings. The molecular weight excluding hydrogens is 811 g/mol. The molecule has 0 saturated heterocycles. The Morgan fingerprint density at radius 1 is 0.339 bits per heavy atom. The van der Waals surface area contributed by atoms with Crippen LogP contribution in [0, 0.1) is 0 Å². The Hall–Kier alpha value is -7.22. The fourth-order valence-electron chi connectivity index (χ4n) is 9.27. The van der Waals surface area contributed by atoms with Crippen LogP contribution in [0.4, 0.5) is 16.4 Å². The zero-order chi connectivity index (χ0) is 40.7. The molecule has 5 aromatic heterocycles. The lowest BCUT2D eigenvalue weighted by molar-refractivity contribution is 1.15. The van der Waals surface area contributed by atoms with Gasteiger partial charge in [-0.3, -0.25) is 0 Å². The van der Waals surface area contributed by atoms with Crippen molar-refractivity contribution in [3.63, 3.8) is 0 Å². The molecule has 0 radical (unpaired) electrons. The number of fused-ring (bicyclic) bond motifs is 9. The van der Waals surface area contributed by atoms with Gasteiger partial charge in [-0.2, -0.15) is 0 Å². The van der Waals surface area contributed by atoms with Crippen molar-refractivity contribution >= 4 is 113 Å². The fourth-order valence-corrected chi connectivity index (χ4v) is 12.9. The zero-order valence-electron chi connectivity index (χ0n) is 33.3. The quantitative estimate of drug-likeness (QED) is 0.156. The first-order chi connectivity index (χ1) is 30.7. The second-order valence-corrected chi connectivity index (χ2v) is 18.8. The lowest BCUT2D eigenvalue weighted by Crippen LogP contribution is -2.07. The molecule has 8 aromatic carbocycles. The summed E-state index contributed by atoms with van der Waals surface area (Å²) in [4.78, 5) is 2.39. The highest BCUT2D eigenvalue weighted by atomic mass is 32.1. The number of aromatic nitrogens is 2. The maximum atomic E-state index is 2.53. The third kappa shape index (κ3) is 5.61. The van der Waals surface area contributed by atoms with Crippen LogP contribution < -0.4 is 4.90 Å². The molecule has 0 unspecified atom stereocenters. The van der Waals surface area contributed by atoms with Crippen molar-refractivity contribution in [1.29, 1.82) is 0 Å². The Morgan fingerprint density at radius 2 is 0.806 bits per heavy atom. The standard InChI is InChI=1S/C56H35N3S3/c1-3-15-44(16-4-1)57(45-17-5-2-6-18-45)50-35-49-54(61-50)56-52(59(49)47-29-25-39(26-30-47)43-22-20-37-12-8-10-14-41(37)34-43)51-55(62-56)53-48(31-32-60-53)58(51)46-27-23-38(24-28-46)42-21-19-36-11-7-9-13-40(36)33-42/h1-35H. The molecular formula is C56H35N3S3. The number of hydrogen-bond acceptors (Lipinski definition) is 4. The Labute approximate surface area is 369 Å². The maximum Gasteiger partial charge on any atom is 0.103 e. The molecule has 0 aliphatic carbocycles. The average Bonchev–Trinajstić information content (AvgIpc) is 4.16. The number of benzene rings is 8. The molecule has 5 heterocycles. The molecule has 0 saturated carbocycles. The first-order valence-electron chi connectivity index (χ1n) is 20.8. The van der Waals surface area contributed by atoms with Crippen LogP contribution in [-0.4, -0.2) is 9.13 Å². The van der Waals surface area contributed by atoms with Gasteiger partial charge in [0.2, 0.25) is 0 Å². The summed E-state index contributed by atoms with van der Waals surface area (Å²) in [5, 5.41) is 8.45. The van der Waals surface area contributed by atoms with Crippen molar-refractivity contribution in [2.45, 2.75) is 0 Å². The van der Waals surface area contributed by atoms with Gasteiger partial charge in [0.1, 0.15) is 5.00 Å². The maximum absolute atomic E-state index is 2.53. The van der Waals surface area contributed by atoms with E-state index in [9.17, 15) is 0 Å². The van der Waals surface area contributed by atoms with Crippen LogP contribution in [0.1, 0.15) is 0 Å². The Bertz CT molecular complexity index is 3750. The number of rotatable bonds is 7. The first-order valence-corrected chi connectivity index (χ1v) is 23.3. The minimum absolute atomic E-state index is 1.14. The second-order valence-electron chi connectivity index (χ2n) is 15.8. The molecule has 0 aliphatic rings. The van der Waals surface area contributed by atoms with Gasteiger partial charge in [-0.1, -0.05) is 133 Å². The van der Waals surface area contributed by atoms with E-state index in [-0.39, 0.29) is 0 Å². The predicted molar refractivity (Wildman–Crippen MR) is 269 cm³/mol. The average molecular weight is 846 g/mol. The summed E-state index contributed by atoms with van der Waals surface area (Å²) in [6.45, 7) is 0. The summed E-state index contributed by atoms with van der Waals surface area (Å²) < 4.78 is 10.3. The zero-order valence-corrected chi connectivity index (χ0v) is 35.7. The summed E-state index contributed by atoms with van der Waals surface area (Å²) in [5.41, 5.74) is 14.4. The molecule has 3 nitrogen and oxygen atoms in total. The molecule has 0 atom stereocenters. The van der Waals surface area contributed by atoms with Gasteiger partial charge in [0.25, 0.3) is 0 Å². The van der Waals surface area contributed by atoms with Crippen molar-refractivity contribution in [2.75, 3.05) is 4.90 Å². The van der Waals surface area contributed by atoms with E-state index in [0.717, 1.165) is 22.7 Å². The topological polar surface area (TPSA) is 13.1 Å². The van der Waals surface area contributed by atoms with Gasteiger partial charge in [-0.15, -0.1) is 34.0 Å². The molecule has 0 bridgehead atoms. The monoisotopic (exact) mass is 845 g/mol. The van der Waals surface area contributed by atoms with E-state index in [4.69, 9.17) is 0 Å². The van der Waals surface area contributed by atoms with Crippen molar-refractivity contribution < 1.29 is 0 Å². The number of anilines is 3. The normalized spacial score (nSPS) is 11.9. The van der Waals surface area contributed by atoms with Crippen molar-refractivity contribution in [1.82, 2.24) is 9.13 Å². The van der Waals surface area contributed by atoms with E-state index in [1.54, 1.807) is 0 Å². The SMILES string of the molecule is c1ccc(N(c2ccccc2)c2cc3c(s2)c2sc4c5sccc5n(-c5ccc(-c6ccc7ccccc7c6)cc5)c4c2n3-c2ccc(-c3ccc4ccccc4c3)cc2)cc1. The van der Waals surface area contributed by atoms with E-state index in [0.29, 0.717) is 0 Å². The lowest BCUT2D eigenvalue weighted by atomic mass is 10.0. The Balaban J connectivity index is 1.03. The second kappa shape index (κ2) is 14.2. The summed E-state index contributed by atoms with van der Waals surface area (Å²) in [6.07, 6.45) is 0. The van der Waals surface area contributed by atoms with Crippen LogP contribution in [0.2, 0.25) is 0 Å². The van der Waals surface area contributed by atoms with Gasteiger partial charge in [0.05, 0.1) is 40.9 Å². The van der Waals surface area contributed by atoms with Crippen LogP contribution in [0.15, 0.2) is 212 Å². The van der Waals surface area contributed by atoms with Crippen molar-refractivity contribution in [2.24, 2.45) is 0 Å². The molecule has 6 heteroatoms. The molecule has 0 N–H and O–H groups in total. The van der Waals surface area contributed by atoms with Crippen LogP contribution >= 0.6 is 34.0 Å². The van der Waals surface area contributed by atoms with E-state index < -0.39 is 0 Å². The summed E-state index contributed by atoms with van der Waals surface area (Å²) in [6, 6.07) is 75.3. The Morgan fingerprint density at radius 3 is 1.35 bits per heavy atom. The summed E-state index contributed by atoms with van der Waals surface area (Å²) in [5.74, 6) is 0. The largest absolute Gasteiger partial charge is 0.306 e. The van der Waals surface area contributed by atoms with Gasteiger partial charge in [-0.25, -0.2) is 0 Å². The number of nitrogens with zero attached hydrogens (tertiary/aromatic N) is 3. The minimum Gasteiger partial charge on any atom is -0.306 e. The van der Waals surface area contributed by atoms with Gasteiger partial charge in [0.15, 0.2) is 0 Å². The molecule has 0 spiro atoms. The van der Waals surface area contributed by atoms with Crippen LogP contribution in [0.3, 0.4) is 0 Å². The van der Waals surface area contributed by atoms with Gasteiger partial charge >= 0.3 is 0 Å². The van der Waals surface area contributed by atoms with Crippen molar-refractivity contribution in [3.8, 4) is 33.6 Å². The highest BCUT2D eigenvalue weighted by Gasteiger charge is 2.27. The van der Waals surface area contributed by atoms with E-state index in [1.807, 2.05) is 34.0 Å². The molecule has 0 amide bonds. The summed E-state index contributed by atoms with van der Waals surface area (Å²) >= 11 is 5.65. The third-order valence-electron chi connectivity index (χ3n) is 12.2. The number of hydrogen-bond donors (Lipinski definition) is 0. The fraction of sp³-hybridized carbons (Fsp3) is 0. The lowest BCUT2D eigenvalue weighted by Gasteiger charge is -2.23. The van der Waals surface area contributed by atoms with Crippen LogP contribution in [-0.2, 0) is 0 Å². The third-order valence-corrected chi connectivity index (χ3v) is 15.7. The Kier molecular flexibility index (Phi) is 8.13. The molecule has 0 fully saturated rings. The van der Waals surface area contributed by atoms with E-state index in [1.165, 1.54) is 89.7 Å². The van der Waals surface area contributed by atoms with Gasteiger partial charge in [-0.05, 0) is 122 Å².